The second-order valence-corrected chi connectivity index (χ2v) is 4.01. The Morgan fingerprint density at radius 3 is 2.23 bits per heavy atom. The number of amides is 1. The van der Waals surface area contributed by atoms with Crippen LogP contribution in [0.5, 0.6) is 0 Å². The Hall–Kier alpha value is -0.570. The molecule has 0 bridgehead atoms. The van der Waals surface area contributed by atoms with Crippen LogP contribution in [-0.4, -0.2) is 44.1 Å². The molecule has 0 saturated heterocycles. The van der Waals surface area contributed by atoms with Crippen molar-refractivity contribution in [2.24, 2.45) is 0 Å². The van der Waals surface area contributed by atoms with Crippen LogP contribution in [0.25, 0.3) is 0 Å². The third-order valence-corrected chi connectivity index (χ3v) is 2.77. The molecule has 13 heavy (non-hydrogen) atoms. The highest BCUT2D eigenvalue weighted by Gasteiger charge is 2.31. The molecule has 0 spiro atoms. The summed E-state index contributed by atoms with van der Waals surface area (Å²) < 4.78 is 0.771. The predicted octanol–water partition coefficient (Wildman–Crippen LogP) is 0.997. The minimum absolute atomic E-state index is 0.0972. The summed E-state index contributed by atoms with van der Waals surface area (Å²) in [6.07, 6.45) is 2.01. The Labute approximate surface area is 81.7 Å². The molecule has 0 fully saturated rings. The summed E-state index contributed by atoms with van der Waals surface area (Å²) in [6, 6.07) is 0.0972. The number of carbonyl (C=O) groups is 1. The van der Waals surface area contributed by atoms with Gasteiger partial charge in [-0.3, -0.25) is 4.79 Å². The number of quaternary nitrogens is 1. The molecule has 1 atom stereocenters. The average Bonchev–Trinajstić information content (AvgIpc) is 2.12. The highest BCUT2D eigenvalue weighted by atomic mass is 16.2. The summed E-state index contributed by atoms with van der Waals surface area (Å²) >= 11 is 0. The lowest BCUT2D eigenvalue weighted by molar-refractivity contribution is -0.904. The third-order valence-electron chi connectivity index (χ3n) is 2.77. The summed E-state index contributed by atoms with van der Waals surface area (Å²) in [6.45, 7) is 5.22. The van der Waals surface area contributed by atoms with Gasteiger partial charge in [0, 0.05) is 13.5 Å². The molecule has 1 amide bonds. The Balaban J connectivity index is 4.49. The number of nitrogens with zero attached hydrogens (tertiary/aromatic N) is 1. The van der Waals surface area contributed by atoms with Crippen LogP contribution >= 0.6 is 0 Å². The molecule has 0 rings (SSSR count). The molecule has 0 aromatic carbocycles. The van der Waals surface area contributed by atoms with Gasteiger partial charge in [0.1, 0.15) is 0 Å². The molecule has 0 saturated carbocycles. The first-order chi connectivity index (χ1) is 5.99. The first kappa shape index (κ1) is 12.4. The average molecular weight is 187 g/mol. The largest absolute Gasteiger partial charge is 0.354 e. The van der Waals surface area contributed by atoms with E-state index in [-0.39, 0.29) is 11.9 Å². The lowest BCUT2D eigenvalue weighted by Crippen LogP contribution is -2.55. The van der Waals surface area contributed by atoms with Crippen LogP contribution in [0.2, 0.25) is 0 Å². The summed E-state index contributed by atoms with van der Waals surface area (Å²) in [5.41, 5.74) is 0. The number of likely N-dealkylation sites (N-methyl/N-ethyl adjacent to an activating group) is 2. The topological polar surface area (TPSA) is 29.1 Å². The molecule has 78 valence electrons. The van der Waals surface area contributed by atoms with E-state index in [0.29, 0.717) is 0 Å². The number of nitrogens with one attached hydrogen (secondary N) is 1. The second-order valence-electron chi connectivity index (χ2n) is 4.01. The number of hydrogen-bond acceptors (Lipinski definition) is 1. The highest BCUT2D eigenvalue weighted by molar-refractivity contribution is 5.80. The van der Waals surface area contributed by atoms with Crippen molar-refractivity contribution in [3.05, 3.63) is 0 Å². The molecule has 0 aromatic heterocycles. The molecule has 1 unspecified atom stereocenters. The highest BCUT2D eigenvalue weighted by Crippen LogP contribution is 2.12. The van der Waals surface area contributed by atoms with E-state index in [4.69, 9.17) is 0 Å². The van der Waals surface area contributed by atoms with Crippen LogP contribution in [0.3, 0.4) is 0 Å². The normalized spacial score (nSPS) is 13.9. The van der Waals surface area contributed by atoms with E-state index in [0.717, 1.165) is 23.9 Å². The van der Waals surface area contributed by atoms with Crippen LogP contribution in [0.15, 0.2) is 0 Å². The molecule has 0 aliphatic rings. The molecule has 3 heteroatoms. The lowest BCUT2D eigenvalue weighted by atomic mass is 10.1. The molecule has 0 aromatic rings. The molecular formula is C10H23N2O+. The monoisotopic (exact) mass is 187 g/mol. The van der Waals surface area contributed by atoms with Crippen molar-refractivity contribution in [3.8, 4) is 0 Å². The molecular weight excluding hydrogens is 164 g/mol. The SMILES string of the molecule is CCCC(C(=O)NC)[N+](C)(C)CC. The van der Waals surface area contributed by atoms with Gasteiger partial charge >= 0.3 is 0 Å². The van der Waals surface area contributed by atoms with Crippen LogP contribution in [0.1, 0.15) is 26.7 Å². The van der Waals surface area contributed by atoms with Crippen molar-refractivity contribution in [2.75, 3.05) is 27.7 Å². The number of hydrogen-bond donors (Lipinski definition) is 1. The summed E-state index contributed by atoms with van der Waals surface area (Å²) in [4.78, 5) is 11.6. The standard InChI is InChI=1S/C10H22N2O/c1-6-8-9(10(13)11-3)12(4,5)7-2/h9H,6-8H2,1-5H3/p+1. The zero-order valence-electron chi connectivity index (χ0n) is 9.55. The summed E-state index contributed by atoms with van der Waals surface area (Å²) in [7, 11) is 5.92. The maximum Gasteiger partial charge on any atom is 0.278 e. The van der Waals surface area contributed by atoms with Crippen molar-refractivity contribution in [2.45, 2.75) is 32.7 Å². The molecule has 0 aliphatic heterocycles. The number of rotatable bonds is 5. The Morgan fingerprint density at radius 2 is 1.92 bits per heavy atom. The fourth-order valence-corrected chi connectivity index (χ4v) is 1.46. The molecule has 3 nitrogen and oxygen atoms in total. The smallest absolute Gasteiger partial charge is 0.278 e. The van der Waals surface area contributed by atoms with Gasteiger partial charge in [-0.2, -0.15) is 0 Å². The zero-order chi connectivity index (χ0) is 10.5. The van der Waals surface area contributed by atoms with Crippen LogP contribution in [0.4, 0.5) is 0 Å². The Morgan fingerprint density at radius 1 is 1.38 bits per heavy atom. The quantitative estimate of drug-likeness (QED) is 0.639. The van der Waals surface area contributed by atoms with Crippen molar-refractivity contribution in [1.82, 2.24) is 5.32 Å². The fourth-order valence-electron chi connectivity index (χ4n) is 1.46. The van der Waals surface area contributed by atoms with Gasteiger partial charge < -0.3 is 9.80 Å². The van der Waals surface area contributed by atoms with Crippen molar-refractivity contribution < 1.29 is 9.28 Å². The summed E-state index contributed by atoms with van der Waals surface area (Å²) in [5, 5.41) is 2.74. The summed E-state index contributed by atoms with van der Waals surface area (Å²) in [5.74, 6) is 0.161. The zero-order valence-corrected chi connectivity index (χ0v) is 9.55. The Kier molecular flexibility index (Phi) is 4.99. The van der Waals surface area contributed by atoms with Gasteiger partial charge in [-0.25, -0.2) is 0 Å². The van der Waals surface area contributed by atoms with Crippen LogP contribution < -0.4 is 5.32 Å². The fraction of sp³-hybridized carbons (Fsp3) is 0.900. The van der Waals surface area contributed by atoms with Gasteiger partial charge in [0.15, 0.2) is 6.04 Å². The third kappa shape index (κ3) is 3.35. The van der Waals surface area contributed by atoms with E-state index >= 15 is 0 Å². The Bertz CT molecular complexity index is 166. The minimum Gasteiger partial charge on any atom is -0.354 e. The van der Waals surface area contributed by atoms with Gasteiger partial charge in [0.05, 0.1) is 20.6 Å². The maximum absolute atomic E-state index is 11.6. The minimum atomic E-state index is 0.0972. The van der Waals surface area contributed by atoms with Crippen molar-refractivity contribution >= 4 is 5.91 Å². The molecule has 1 N–H and O–H groups in total. The van der Waals surface area contributed by atoms with Gasteiger partial charge in [-0.15, -0.1) is 0 Å². The van der Waals surface area contributed by atoms with Crippen molar-refractivity contribution in [1.29, 1.82) is 0 Å². The predicted molar refractivity (Wildman–Crippen MR) is 55.4 cm³/mol. The van der Waals surface area contributed by atoms with E-state index < -0.39 is 0 Å². The van der Waals surface area contributed by atoms with E-state index in [2.05, 4.69) is 33.3 Å². The molecule has 0 radical (unpaired) electrons. The van der Waals surface area contributed by atoms with E-state index in [1.165, 1.54) is 0 Å². The molecule has 0 aliphatic carbocycles. The van der Waals surface area contributed by atoms with Crippen LogP contribution in [0, 0.1) is 0 Å². The van der Waals surface area contributed by atoms with E-state index in [1.54, 1.807) is 7.05 Å². The van der Waals surface area contributed by atoms with Gasteiger partial charge in [-0.1, -0.05) is 6.92 Å². The van der Waals surface area contributed by atoms with E-state index in [9.17, 15) is 4.79 Å². The second kappa shape index (κ2) is 5.22. The molecule has 0 heterocycles. The lowest BCUT2D eigenvalue weighted by Gasteiger charge is -2.35. The van der Waals surface area contributed by atoms with Gasteiger partial charge in [0.25, 0.3) is 5.91 Å². The van der Waals surface area contributed by atoms with Gasteiger partial charge in [-0.05, 0) is 13.3 Å². The van der Waals surface area contributed by atoms with Crippen molar-refractivity contribution in [3.63, 3.8) is 0 Å². The van der Waals surface area contributed by atoms with Gasteiger partial charge in [0.2, 0.25) is 0 Å². The van der Waals surface area contributed by atoms with E-state index in [1.807, 2.05) is 0 Å². The van der Waals surface area contributed by atoms with Crippen LogP contribution in [-0.2, 0) is 4.79 Å². The number of carbonyl (C=O) groups excluding carboxylic acids is 1. The first-order valence-electron chi connectivity index (χ1n) is 5.03. The first-order valence-corrected chi connectivity index (χ1v) is 5.03. The maximum atomic E-state index is 11.6.